The van der Waals surface area contributed by atoms with Crippen LogP contribution in [-0.2, 0) is 0 Å². The van der Waals surface area contributed by atoms with Crippen molar-refractivity contribution in [3.63, 3.8) is 0 Å². The van der Waals surface area contributed by atoms with Gasteiger partial charge in [-0.3, -0.25) is 9.78 Å². The lowest BCUT2D eigenvalue weighted by atomic mass is 10.1. The van der Waals surface area contributed by atoms with E-state index in [0.717, 1.165) is 12.8 Å². The summed E-state index contributed by atoms with van der Waals surface area (Å²) in [5.74, 6) is 1.03. The zero-order chi connectivity index (χ0) is 15.4. The summed E-state index contributed by atoms with van der Waals surface area (Å²) in [5.41, 5.74) is 0. The van der Waals surface area contributed by atoms with Crippen LogP contribution >= 0.6 is 0 Å². The van der Waals surface area contributed by atoms with E-state index in [1.165, 1.54) is 25.8 Å². The third kappa shape index (κ3) is 3.19. The van der Waals surface area contributed by atoms with Crippen LogP contribution in [0.4, 0.5) is 0 Å². The Balaban J connectivity index is 1.64. The number of ether oxygens (including phenoxy) is 2. The fraction of sp³-hybridized carbons (Fsp3) is 0.400. The highest BCUT2D eigenvalue weighted by atomic mass is 16.5. The van der Waals surface area contributed by atoms with Crippen molar-refractivity contribution in [2.24, 2.45) is 0 Å². The van der Waals surface area contributed by atoms with Gasteiger partial charge in [0.15, 0.2) is 5.76 Å². The molecule has 1 unspecified atom stereocenters. The molecule has 0 bridgehead atoms. The second-order valence-corrected chi connectivity index (χ2v) is 5.01. The van der Waals surface area contributed by atoms with Crippen LogP contribution in [0, 0.1) is 0 Å². The van der Waals surface area contributed by atoms with Crippen molar-refractivity contribution < 1.29 is 18.7 Å². The Bertz CT molecular complexity index is 629. The summed E-state index contributed by atoms with van der Waals surface area (Å²) >= 11 is 0. The van der Waals surface area contributed by atoms with Crippen LogP contribution in [0.2, 0.25) is 0 Å². The van der Waals surface area contributed by atoms with Gasteiger partial charge in [0.2, 0.25) is 11.8 Å². The Morgan fingerprint density at radius 2 is 2.27 bits per heavy atom. The number of carbonyl (C=O) groups excluding carboxylic acids is 1. The predicted molar refractivity (Wildman–Crippen MR) is 76.8 cm³/mol. The maximum atomic E-state index is 12.3. The minimum absolute atomic E-state index is 0.116. The lowest BCUT2D eigenvalue weighted by Crippen LogP contribution is -2.44. The number of rotatable bonds is 4. The van der Waals surface area contributed by atoms with Crippen molar-refractivity contribution in [2.45, 2.75) is 18.9 Å². The van der Waals surface area contributed by atoms with Crippen LogP contribution in [0.3, 0.4) is 0 Å². The van der Waals surface area contributed by atoms with Gasteiger partial charge in [0.25, 0.3) is 5.91 Å². The number of amides is 1. The molecule has 0 aromatic carbocycles. The highest BCUT2D eigenvalue weighted by molar-refractivity contribution is 5.91. The van der Waals surface area contributed by atoms with E-state index in [4.69, 9.17) is 13.9 Å². The number of furan rings is 1. The average molecular weight is 303 g/mol. The Morgan fingerprint density at radius 1 is 1.41 bits per heavy atom. The number of piperidine rings is 1. The molecule has 0 spiro atoms. The van der Waals surface area contributed by atoms with Crippen LogP contribution in [0.1, 0.15) is 23.4 Å². The molecule has 0 saturated carbocycles. The van der Waals surface area contributed by atoms with Crippen LogP contribution < -0.4 is 9.47 Å². The zero-order valence-electron chi connectivity index (χ0n) is 12.3. The number of aromatic nitrogens is 2. The Labute approximate surface area is 127 Å². The van der Waals surface area contributed by atoms with Gasteiger partial charge in [-0.15, -0.1) is 0 Å². The molecular formula is C15H17N3O4. The molecule has 1 aliphatic heterocycles. The maximum Gasteiger partial charge on any atom is 0.289 e. The standard InChI is InChI=1S/C15H17N3O4/c1-20-13-8-16-9-14(17-13)22-11-4-2-6-18(10-11)15(19)12-5-3-7-21-12/h3,5,7-9,11H,2,4,6,10H2,1H3. The molecule has 1 fully saturated rings. The first-order valence-corrected chi connectivity index (χ1v) is 7.12. The minimum atomic E-state index is -0.117. The highest BCUT2D eigenvalue weighted by Crippen LogP contribution is 2.19. The molecule has 0 N–H and O–H groups in total. The van der Waals surface area contributed by atoms with E-state index < -0.39 is 0 Å². The largest absolute Gasteiger partial charge is 0.480 e. The fourth-order valence-electron chi connectivity index (χ4n) is 2.43. The number of likely N-dealkylation sites (tertiary alicyclic amines) is 1. The number of hydrogen-bond acceptors (Lipinski definition) is 6. The fourth-order valence-corrected chi connectivity index (χ4v) is 2.43. The summed E-state index contributed by atoms with van der Waals surface area (Å²) in [6.45, 7) is 1.20. The summed E-state index contributed by atoms with van der Waals surface area (Å²) in [7, 11) is 1.53. The van der Waals surface area contributed by atoms with E-state index in [-0.39, 0.29) is 12.0 Å². The van der Waals surface area contributed by atoms with Gasteiger partial charge in [0, 0.05) is 6.54 Å². The zero-order valence-corrected chi connectivity index (χ0v) is 12.3. The molecule has 2 aromatic heterocycles. The van der Waals surface area contributed by atoms with Crippen molar-refractivity contribution >= 4 is 5.91 Å². The molecular weight excluding hydrogens is 286 g/mol. The molecule has 3 heterocycles. The van der Waals surface area contributed by atoms with Crippen molar-refractivity contribution in [3.05, 3.63) is 36.5 Å². The normalized spacial score (nSPS) is 18.0. The molecule has 1 atom stereocenters. The number of hydrogen-bond donors (Lipinski definition) is 0. The van der Waals surface area contributed by atoms with Gasteiger partial charge in [-0.25, -0.2) is 0 Å². The maximum absolute atomic E-state index is 12.3. The Kier molecular flexibility index (Phi) is 4.22. The summed E-state index contributed by atoms with van der Waals surface area (Å²) in [5, 5.41) is 0. The van der Waals surface area contributed by atoms with Gasteiger partial charge in [-0.2, -0.15) is 4.98 Å². The van der Waals surface area contributed by atoms with E-state index in [1.807, 2.05) is 0 Å². The highest BCUT2D eigenvalue weighted by Gasteiger charge is 2.27. The third-order valence-corrected chi connectivity index (χ3v) is 3.48. The van der Waals surface area contributed by atoms with Crippen LogP contribution in [0.5, 0.6) is 11.8 Å². The Morgan fingerprint density at radius 3 is 3.05 bits per heavy atom. The summed E-state index contributed by atoms with van der Waals surface area (Å²) < 4.78 is 16.0. The van der Waals surface area contributed by atoms with Gasteiger partial charge in [0.1, 0.15) is 6.10 Å². The third-order valence-electron chi connectivity index (χ3n) is 3.48. The molecule has 2 aromatic rings. The van der Waals surface area contributed by atoms with Gasteiger partial charge in [-0.1, -0.05) is 0 Å². The van der Waals surface area contributed by atoms with Crippen LogP contribution in [-0.4, -0.2) is 47.1 Å². The lowest BCUT2D eigenvalue weighted by Gasteiger charge is -2.32. The van der Waals surface area contributed by atoms with E-state index in [2.05, 4.69) is 9.97 Å². The molecule has 0 aliphatic carbocycles. The summed E-state index contributed by atoms with van der Waals surface area (Å²) in [4.78, 5) is 22.2. The van der Waals surface area contributed by atoms with Crippen LogP contribution in [0.15, 0.2) is 35.2 Å². The second-order valence-electron chi connectivity index (χ2n) is 5.01. The quantitative estimate of drug-likeness (QED) is 0.856. The average Bonchev–Trinajstić information content (AvgIpc) is 3.09. The SMILES string of the molecule is COc1cncc(OC2CCCN(C(=O)c3ccco3)C2)n1. The lowest BCUT2D eigenvalue weighted by molar-refractivity contribution is 0.0498. The molecule has 116 valence electrons. The molecule has 1 aliphatic rings. The monoisotopic (exact) mass is 303 g/mol. The molecule has 1 saturated heterocycles. The first kappa shape index (κ1) is 14.4. The number of methoxy groups -OCH3 is 1. The summed E-state index contributed by atoms with van der Waals surface area (Å²) in [6, 6.07) is 3.37. The van der Waals surface area contributed by atoms with Gasteiger partial charge in [0.05, 0.1) is 32.3 Å². The number of nitrogens with zero attached hydrogens (tertiary/aromatic N) is 3. The molecule has 1 amide bonds. The molecule has 0 radical (unpaired) electrons. The first-order chi connectivity index (χ1) is 10.8. The van der Waals surface area contributed by atoms with Crippen molar-refractivity contribution in [2.75, 3.05) is 20.2 Å². The molecule has 3 rings (SSSR count). The molecule has 22 heavy (non-hydrogen) atoms. The van der Waals surface area contributed by atoms with E-state index in [1.54, 1.807) is 17.0 Å². The Hall–Kier alpha value is -2.57. The van der Waals surface area contributed by atoms with E-state index >= 15 is 0 Å². The van der Waals surface area contributed by atoms with Crippen molar-refractivity contribution in [1.29, 1.82) is 0 Å². The smallest absolute Gasteiger partial charge is 0.289 e. The molecule has 7 heteroatoms. The predicted octanol–water partition coefficient (Wildman–Crippen LogP) is 1.76. The summed E-state index contributed by atoms with van der Waals surface area (Å²) in [6.07, 6.45) is 6.16. The van der Waals surface area contributed by atoms with Crippen molar-refractivity contribution in [1.82, 2.24) is 14.9 Å². The van der Waals surface area contributed by atoms with E-state index in [9.17, 15) is 4.79 Å². The van der Waals surface area contributed by atoms with Crippen molar-refractivity contribution in [3.8, 4) is 11.8 Å². The van der Waals surface area contributed by atoms with Gasteiger partial charge < -0.3 is 18.8 Å². The van der Waals surface area contributed by atoms with Crippen LogP contribution in [0.25, 0.3) is 0 Å². The second kappa shape index (κ2) is 6.46. The minimum Gasteiger partial charge on any atom is -0.480 e. The number of carbonyl (C=O) groups is 1. The van der Waals surface area contributed by atoms with Gasteiger partial charge >= 0.3 is 0 Å². The topological polar surface area (TPSA) is 77.7 Å². The van der Waals surface area contributed by atoms with E-state index in [0.29, 0.717) is 30.6 Å². The molecule has 7 nitrogen and oxygen atoms in total. The van der Waals surface area contributed by atoms with Gasteiger partial charge in [-0.05, 0) is 25.0 Å². The first-order valence-electron chi connectivity index (χ1n) is 7.12.